The Hall–Kier alpha value is -1.24. The van der Waals surface area contributed by atoms with Crippen molar-refractivity contribution in [3.63, 3.8) is 0 Å². The predicted molar refractivity (Wildman–Crippen MR) is 75.4 cm³/mol. The number of hydrogen-bond acceptors (Lipinski definition) is 2. The highest BCUT2D eigenvalue weighted by Crippen LogP contribution is 2.32. The summed E-state index contributed by atoms with van der Waals surface area (Å²) in [6.45, 7) is 3.55. The van der Waals surface area contributed by atoms with E-state index in [1.165, 1.54) is 6.92 Å². The Morgan fingerprint density at radius 1 is 1.33 bits per heavy atom. The van der Waals surface area contributed by atoms with Crippen molar-refractivity contribution in [1.29, 1.82) is 0 Å². The highest BCUT2D eigenvalue weighted by Gasteiger charge is 2.33. The van der Waals surface area contributed by atoms with Crippen molar-refractivity contribution in [3.05, 3.63) is 11.5 Å². The van der Waals surface area contributed by atoms with Crippen LogP contribution in [0.25, 0.3) is 11.2 Å². The van der Waals surface area contributed by atoms with E-state index in [0.717, 1.165) is 18.5 Å². The number of hydrogen-bond donors (Lipinski definition) is 0. The molecule has 0 saturated heterocycles. The van der Waals surface area contributed by atoms with Gasteiger partial charge in [-0.25, -0.2) is 4.98 Å². The largest absolute Gasteiger partial charge is 0.391 e. The van der Waals surface area contributed by atoms with Crippen molar-refractivity contribution in [2.45, 2.75) is 51.2 Å². The van der Waals surface area contributed by atoms with E-state index in [1.807, 2.05) is 6.92 Å². The van der Waals surface area contributed by atoms with Gasteiger partial charge in [0.2, 0.25) is 0 Å². The molecule has 2 aromatic heterocycles. The zero-order valence-electron chi connectivity index (χ0n) is 12.2. The van der Waals surface area contributed by atoms with Gasteiger partial charge in [0.25, 0.3) is 0 Å². The van der Waals surface area contributed by atoms with Crippen LogP contribution in [0.3, 0.4) is 0 Å². The van der Waals surface area contributed by atoms with Crippen LogP contribution >= 0.6 is 11.6 Å². The number of nitrogens with zero attached hydrogens (tertiary/aromatic N) is 4. The van der Waals surface area contributed by atoms with Crippen LogP contribution in [0.4, 0.5) is 13.2 Å². The average molecular weight is 323 g/mol. The minimum atomic E-state index is -4.23. The second-order valence-corrected chi connectivity index (χ2v) is 5.46. The molecule has 0 aliphatic carbocycles. The summed E-state index contributed by atoms with van der Waals surface area (Å²) in [5.41, 5.74) is 2.06. The third-order valence-electron chi connectivity index (χ3n) is 3.38. The molecule has 2 aromatic rings. The lowest BCUT2D eigenvalue weighted by molar-refractivity contribution is -0.141. The lowest BCUT2D eigenvalue weighted by atomic mass is 10.2. The maximum atomic E-state index is 12.7. The Bertz CT molecular complexity index is 629. The molecule has 1 unspecified atom stereocenters. The molecule has 0 fully saturated rings. The highest BCUT2D eigenvalue weighted by molar-refractivity contribution is 6.16. The first-order chi connectivity index (χ1) is 9.78. The fourth-order valence-electron chi connectivity index (χ4n) is 2.64. The second kappa shape index (κ2) is 5.87. The summed E-state index contributed by atoms with van der Waals surface area (Å²) in [5, 5.41) is 4.36. The molecule has 0 saturated carbocycles. The molecule has 4 nitrogen and oxygen atoms in total. The van der Waals surface area contributed by atoms with Gasteiger partial charge in [0.05, 0.1) is 18.0 Å². The van der Waals surface area contributed by atoms with Crippen molar-refractivity contribution in [2.24, 2.45) is 7.05 Å². The van der Waals surface area contributed by atoms with E-state index in [9.17, 15) is 13.2 Å². The monoisotopic (exact) mass is 322 g/mol. The van der Waals surface area contributed by atoms with Gasteiger partial charge in [-0.05, 0) is 13.3 Å². The number of alkyl halides is 4. The van der Waals surface area contributed by atoms with Gasteiger partial charge in [0.15, 0.2) is 5.65 Å². The smallest absolute Gasteiger partial charge is 0.309 e. The molecule has 21 heavy (non-hydrogen) atoms. The number of imidazole rings is 1. The standard InChI is InChI=1S/C13H18ClF3N4/c1-4-5-9-11-12(20(3)19-9)21(10(7-14)18-11)8(2)6-13(15,16)17/h8H,4-7H2,1-3H3. The molecule has 0 aliphatic rings. The van der Waals surface area contributed by atoms with E-state index in [4.69, 9.17) is 11.6 Å². The molecule has 0 aliphatic heterocycles. The molecule has 0 bridgehead atoms. The maximum absolute atomic E-state index is 12.7. The van der Waals surface area contributed by atoms with Gasteiger partial charge in [-0.15, -0.1) is 11.6 Å². The Kier molecular flexibility index (Phi) is 4.51. The Morgan fingerprint density at radius 2 is 2.00 bits per heavy atom. The molecule has 8 heteroatoms. The van der Waals surface area contributed by atoms with Crippen molar-refractivity contribution in [2.75, 3.05) is 0 Å². The summed E-state index contributed by atoms with van der Waals surface area (Å²) < 4.78 is 41.2. The number of fused-ring (bicyclic) bond motifs is 1. The molecule has 0 N–H and O–H groups in total. The molecule has 0 aromatic carbocycles. The molecule has 2 heterocycles. The van der Waals surface area contributed by atoms with Gasteiger partial charge in [-0.2, -0.15) is 18.3 Å². The van der Waals surface area contributed by atoms with Gasteiger partial charge < -0.3 is 4.57 Å². The van der Waals surface area contributed by atoms with Crippen molar-refractivity contribution >= 4 is 22.8 Å². The van der Waals surface area contributed by atoms with Crippen LogP contribution in [0.15, 0.2) is 0 Å². The van der Waals surface area contributed by atoms with Gasteiger partial charge in [-0.1, -0.05) is 13.3 Å². The van der Waals surface area contributed by atoms with Crippen LogP contribution < -0.4 is 0 Å². The topological polar surface area (TPSA) is 35.6 Å². The minimum Gasteiger partial charge on any atom is -0.309 e. The summed E-state index contributed by atoms with van der Waals surface area (Å²) in [6.07, 6.45) is -3.52. The molecule has 1 atom stereocenters. The van der Waals surface area contributed by atoms with Crippen LogP contribution in [0.1, 0.15) is 44.2 Å². The van der Waals surface area contributed by atoms with Crippen LogP contribution in [0.2, 0.25) is 0 Å². The second-order valence-electron chi connectivity index (χ2n) is 5.19. The van der Waals surface area contributed by atoms with Crippen molar-refractivity contribution < 1.29 is 13.2 Å². The molecule has 118 valence electrons. The summed E-state index contributed by atoms with van der Waals surface area (Å²) in [7, 11) is 1.72. The van der Waals surface area contributed by atoms with Gasteiger partial charge >= 0.3 is 6.18 Å². The van der Waals surface area contributed by atoms with Crippen molar-refractivity contribution in [1.82, 2.24) is 19.3 Å². The first kappa shape index (κ1) is 16.1. The van der Waals surface area contributed by atoms with Crippen LogP contribution in [-0.2, 0) is 19.3 Å². The normalized spacial score (nSPS) is 14.0. The Balaban J connectivity index is 2.55. The van der Waals surface area contributed by atoms with E-state index in [0.29, 0.717) is 17.0 Å². The SMILES string of the molecule is CCCc1nn(C)c2c1nc(CCl)n2C(C)CC(F)(F)F. The zero-order valence-corrected chi connectivity index (χ0v) is 13.0. The Morgan fingerprint density at radius 3 is 2.52 bits per heavy atom. The third kappa shape index (κ3) is 3.17. The number of halogens is 4. The predicted octanol–water partition coefficient (Wildman–Crippen LogP) is 3.97. The fraction of sp³-hybridized carbons (Fsp3) is 0.692. The first-order valence-corrected chi connectivity index (χ1v) is 7.37. The van der Waals surface area contributed by atoms with Crippen LogP contribution in [0.5, 0.6) is 0 Å². The maximum Gasteiger partial charge on any atom is 0.391 e. The van der Waals surface area contributed by atoms with Gasteiger partial charge in [0.1, 0.15) is 11.3 Å². The third-order valence-corrected chi connectivity index (χ3v) is 3.62. The number of aryl methyl sites for hydroxylation is 2. The van der Waals surface area contributed by atoms with Crippen LogP contribution in [0, 0.1) is 0 Å². The molecular weight excluding hydrogens is 305 g/mol. The summed E-state index contributed by atoms with van der Waals surface area (Å²) >= 11 is 5.86. The highest BCUT2D eigenvalue weighted by atomic mass is 35.5. The summed E-state index contributed by atoms with van der Waals surface area (Å²) in [5.74, 6) is 0.524. The molecular formula is C13H18ClF3N4. The van der Waals surface area contributed by atoms with E-state index in [-0.39, 0.29) is 5.88 Å². The van der Waals surface area contributed by atoms with Crippen LogP contribution in [-0.4, -0.2) is 25.5 Å². The molecule has 0 spiro atoms. The van der Waals surface area contributed by atoms with E-state index in [2.05, 4.69) is 10.1 Å². The van der Waals surface area contributed by atoms with Gasteiger partial charge in [-0.3, -0.25) is 4.68 Å². The summed E-state index contributed by atoms with van der Waals surface area (Å²) in [4.78, 5) is 4.40. The van der Waals surface area contributed by atoms with E-state index in [1.54, 1.807) is 16.3 Å². The summed E-state index contributed by atoms with van der Waals surface area (Å²) in [6, 6.07) is -0.770. The quantitative estimate of drug-likeness (QED) is 0.781. The molecule has 0 radical (unpaired) electrons. The van der Waals surface area contributed by atoms with Crippen molar-refractivity contribution in [3.8, 4) is 0 Å². The van der Waals surface area contributed by atoms with E-state index >= 15 is 0 Å². The number of rotatable bonds is 5. The Labute approximate surface area is 125 Å². The number of aromatic nitrogens is 4. The average Bonchev–Trinajstić information content (AvgIpc) is 2.87. The zero-order chi connectivity index (χ0) is 15.8. The van der Waals surface area contributed by atoms with Gasteiger partial charge in [0, 0.05) is 13.1 Å². The fourth-order valence-corrected chi connectivity index (χ4v) is 2.83. The lowest BCUT2D eigenvalue weighted by Gasteiger charge is -2.18. The van der Waals surface area contributed by atoms with E-state index < -0.39 is 18.6 Å². The molecule has 0 amide bonds. The minimum absolute atomic E-state index is 0.0719. The lowest BCUT2D eigenvalue weighted by Crippen LogP contribution is -2.19. The molecule has 2 rings (SSSR count). The first-order valence-electron chi connectivity index (χ1n) is 6.83.